The fraction of sp³-hybridized carbons (Fsp3) is 0.400. The zero-order chi connectivity index (χ0) is 24.4. The van der Waals surface area contributed by atoms with Gasteiger partial charge in [0.1, 0.15) is 6.04 Å². The average molecular weight is 499 g/mol. The van der Waals surface area contributed by atoms with E-state index in [4.69, 9.17) is 30.8 Å². The summed E-state index contributed by atoms with van der Waals surface area (Å²) in [6.07, 6.45) is 0. The topological polar surface area (TPSA) is 92.7 Å². The summed E-state index contributed by atoms with van der Waals surface area (Å²) in [5.74, 6) is 0.00803. The molecule has 35 heavy (non-hydrogen) atoms. The highest BCUT2D eigenvalue weighted by atomic mass is 35.5. The summed E-state index contributed by atoms with van der Waals surface area (Å²) in [6, 6.07) is 12.4. The minimum Gasteiger partial charge on any atom is -0.465 e. The van der Waals surface area contributed by atoms with E-state index in [1.54, 1.807) is 31.2 Å². The van der Waals surface area contributed by atoms with Crippen molar-refractivity contribution in [3.63, 3.8) is 0 Å². The van der Waals surface area contributed by atoms with Crippen molar-refractivity contribution >= 4 is 29.4 Å². The fourth-order valence-electron chi connectivity index (χ4n) is 4.54. The van der Waals surface area contributed by atoms with Gasteiger partial charge in [0.2, 0.25) is 18.7 Å². The summed E-state index contributed by atoms with van der Waals surface area (Å²) >= 11 is 6.04. The molecule has 1 N–H and O–H groups in total. The molecule has 0 radical (unpaired) electrons. The summed E-state index contributed by atoms with van der Waals surface area (Å²) in [7, 11) is 0. The molecule has 1 fully saturated rings. The molecular formula is C25H27ClN4O5. The fourth-order valence-corrected chi connectivity index (χ4v) is 4.67. The van der Waals surface area contributed by atoms with Crippen molar-refractivity contribution in [1.82, 2.24) is 15.1 Å². The number of amides is 1. The standard InChI is InChI=1S/C25H27ClN4O5/c1-2-33-24(32)21-22(17-4-6-18(26)7-5-17)27-25(28-23(21)31)30-11-9-29(10-12-30)14-16-3-8-19-20(13-16)35-15-34-19/h3-8,13,21-22H,2,9-12,14-15H2,1H3,(H,27,28,31)/t21-,22-/m0/s1. The van der Waals surface area contributed by atoms with E-state index in [2.05, 4.69) is 21.2 Å². The Morgan fingerprint density at radius 2 is 1.86 bits per heavy atom. The third-order valence-electron chi connectivity index (χ3n) is 6.36. The van der Waals surface area contributed by atoms with E-state index in [0.717, 1.165) is 42.3 Å². The predicted octanol–water partition coefficient (Wildman–Crippen LogP) is 2.59. The number of hydrogen-bond acceptors (Lipinski definition) is 8. The van der Waals surface area contributed by atoms with Crippen molar-refractivity contribution in [3.8, 4) is 11.5 Å². The van der Waals surface area contributed by atoms with E-state index in [0.29, 0.717) is 24.1 Å². The molecular weight excluding hydrogens is 472 g/mol. The number of aliphatic imine (C=N–C) groups is 1. The van der Waals surface area contributed by atoms with Crippen LogP contribution in [0.4, 0.5) is 0 Å². The minimum absolute atomic E-state index is 0.192. The highest BCUT2D eigenvalue weighted by molar-refractivity contribution is 6.30. The molecule has 184 valence electrons. The first-order chi connectivity index (χ1) is 17.0. The third kappa shape index (κ3) is 5.06. The Balaban J connectivity index is 1.29. The van der Waals surface area contributed by atoms with Gasteiger partial charge in [-0.15, -0.1) is 0 Å². The Labute approximate surface area is 208 Å². The number of esters is 1. The Kier molecular flexibility index (Phi) is 6.79. The van der Waals surface area contributed by atoms with Gasteiger partial charge in [-0.1, -0.05) is 29.8 Å². The summed E-state index contributed by atoms with van der Waals surface area (Å²) < 4.78 is 16.0. The molecule has 3 aliphatic heterocycles. The molecule has 0 spiro atoms. The van der Waals surface area contributed by atoms with Gasteiger partial charge in [-0.25, -0.2) is 4.99 Å². The van der Waals surface area contributed by atoms with E-state index in [1.807, 2.05) is 12.1 Å². The first-order valence-electron chi connectivity index (χ1n) is 11.7. The number of guanidine groups is 1. The van der Waals surface area contributed by atoms with Gasteiger partial charge >= 0.3 is 5.97 Å². The lowest BCUT2D eigenvalue weighted by Gasteiger charge is -2.39. The van der Waals surface area contributed by atoms with Crippen LogP contribution in [0.3, 0.4) is 0 Å². The van der Waals surface area contributed by atoms with Crippen LogP contribution in [0.1, 0.15) is 24.1 Å². The lowest BCUT2D eigenvalue weighted by atomic mass is 9.91. The van der Waals surface area contributed by atoms with E-state index < -0.39 is 23.8 Å². The maximum absolute atomic E-state index is 13.0. The number of benzene rings is 2. The number of nitrogens with one attached hydrogen (secondary N) is 1. The van der Waals surface area contributed by atoms with Gasteiger partial charge in [-0.2, -0.15) is 0 Å². The number of halogens is 1. The van der Waals surface area contributed by atoms with Gasteiger partial charge in [0, 0.05) is 37.7 Å². The molecule has 0 bridgehead atoms. The summed E-state index contributed by atoms with van der Waals surface area (Å²) in [5.41, 5.74) is 1.90. The number of rotatable bonds is 5. The van der Waals surface area contributed by atoms with Crippen LogP contribution in [0.15, 0.2) is 47.5 Å². The van der Waals surface area contributed by atoms with Crippen LogP contribution < -0.4 is 14.8 Å². The summed E-state index contributed by atoms with van der Waals surface area (Å²) in [5, 5.41) is 3.41. The van der Waals surface area contributed by atoms with Crippen LogP contribution in [-0.4, -0.2) is 67.2 Å². The van der Waals surface area contributed by atoms with E-state index in [1.165, 1.54) is 0 Å². The molecule has 2 aromatic rings. The number of nitrogens with zero attached hydrogens (tertiary/aromatic N) is 3. The van der Waals surface area contributed by atoms with E-state index in [-0.39, 0.29) is 13.4 Å². The van der Waals surface area contributed by atoms with Crippen molar-refractivity contribution in [2.75, 3.05) is 39.6 Å². The van der Waals surface area contributed by atoms with Crippen molar-refractivity contribution in [2.45, 2.75) is 19.5 Å². The normalized spacial score (nSPS) is 21.9. The lowest BCUT2D eigenvalue weighted by molar-refractivity contribution is -0.153. The number of hydrogen-bond donors (Lipinski definition) is 1. The molecule has 5 rings (SSSR count). The molecule has 1 saturated heterocycles. The molecule has 3 heterocycles. The van der Waals surface area contributed by atoms with Crippen LogP contribution in [0.25, 0.3) is 0 Å². The summed E-state index contributed by atoms with van der Waals surface area (Å²) in [6.45, 7) is 5.96. The highest BCUT2D eigenvalue weighted by Gasteiger charge is 2.42. The minimum atomic E-state index is -1.05. The predicted molar refractivity (Wildman–Crippen MR) is 129 cm³/mol. The highest BCUT2D eigenvalue weighted by Crippen LogP contribution is 2.33. The second kappa shape index (κ2) is 10.1. The van der Waals surface area contributed by atoms with Gasteiger partial charge in [0.05, 0.1) is 6.61 Å². The molecule has 0 aromatic heterocycles. The number of ether oxygens (including phenoxy) is 3. The van der Waals surface area contributed by atoms with Crippen molar-refractivity contribution in [2.24, 2.45) is 10.9 Å². The smallest absolute Gasteiger partial charge is 0.321 e. The zero-order valence-corrected chi connectivity index (χ0v) is 20.2. The Hall–Kier alpha value is -3.30. The largest absolute Gasteiger partial charge is 0.465 e. The maximum atomic E-state index is 13.0. The maximum Gasteiger partial charge on any atom is 0.321 e. The van der Waals surface area contributed by atoms with Crippen molar-refractivity contribution in [1.29, 1.82) is 0 Å². The SMILES string of the molecule is CCOC(=O)[C@@H]1C(=O)NC(N2CCN(Cc3ccc4c(c3)OCO4)CC2)=N[C@H]1c1ccc(Cl)cc1. The number of piperazine rings is 1. The van der Waals surface area contributed by atoms with Gasteiger partial charge in [0.15, 0.2) is 17.4 Å². The second-order valence-corrected chi connectivity index (χ2v) is 9.06. The third-order valence-corrected chi connectivity index (χ3v) is 6.61. The molecule has 2 atom stereocenters. The Morgan fingerprint density at radius 1 is 1.11 bits per heavy atom. The Bertz CT molecular complexity index is 1130. The van der Waals surface area contributed by atoms with Crippen LogP contribution in [0.5, 0.6) is 11.5 Å². The Morgan fingerprint density at radius 3 is 2.60 bits per heavy atom. The van der Waals surface area contributed by atoms with Gasteiger partial charge in [0.25, 0.3) is 0 Å². The lowest BCUT2D eigenvalue weighted by Crippen LogP contribution is -2.57. The molecule has 1 amide bonds. The first-order valence-corrected chi connectivity index (χ1v) is 12.1. The zero-order valence-electron chi connectivity index (χ0n) is 19.4. The van der Waals surface area contributed by atoms with E-state index in [9.17, 15) is 9.59 Å². The van der Waals surface area contributed by atoms with Crippen LogP contribution >= 0.6 is 11.6 Å². The first kappa shape index (κ1) is 23.4. The van der Waals surface area contributed by atoms with Crippen molar-refractivity contribution in [3.05, 3.63) is 58.6 Å². The van der Waals surface area contributed by atoms with Crippen molar-refractivity contribution < 1.29 is 23.8 Å². The molecule has 0 saturated carbocycles. The van der Waals surface area contributed by atoms with Crippen LogP contribution in [0.2, 0.25) is 5.02 Å². The quantitative estimate of drug-likeness (QED) is 0.500. The molecule has 9 nitrogen and oxygen atoms in total. The summed E-state index contributed by atoms with van der Waals surface area (Å²) in [4.78, 5) is 34.9. The molecule has 0 unspecified atom stereocenters. The van der Waals surface area contributed by atoms with Gasteiger partial charge < -0.3 is 19.1 Å². The second-order valence-electron chi connectivity index (χ2n) is 8.62. The average Bonchev–Trinajstić information content (AvgIpc) is 3.32. The number of carbonyl (C=O) groups is 2. The van der Waals surface area contributed by atoms with E-state index >= 15 is 0 Å². The van der Waals surface area contributed by atoms with Gasteiger partial charge in [-0.3, -0.25) is 19.8 Å². The molecule has 2 aromatic carbocycles. The number of carbonyl (C=O) groups excluding carboxylic acids is 2. The molecule has 10 heteroatoms. The molecule has 0 aliphatic carbocycles. The monoisotopic (exact) mass is 498 g/mol. The molecule has 3 aliphatic rings. The van der Waals surface area contributed by atoms with Crippen LogP contribution in [0, 0.1) is 5.92 Å². The van der Waals surface area contributed by atoms with Gasteiger partial charge in [-0.05, 0) is 42.3 Å². The van der Waals surface area contributed by atoms with Crippen LogP contribution in [-0.2, 0) is 20.9 Å². The number of fused-ring (bicyclic) bond motifs is 1.